The number of ether oxygens (including phenoxy) is 3. The fourth-order valence-electron chi connectivity index (χ4n) is 6.86. The smallest absolute Gasteiger partial charge is 0.335 e. The molecule has 1 aliphatic rings. The Morgan fingerprint density at radius 1 is 0.987 bits per heavy atom. The first-order chi connectivity index (χ1) is 37.9. The highest BCUT2D eigenvalue weighted by molar-refractivity contribution is 5.88. The Morgan fingerprint density at radius 3 is 2.30 bits per heavy atom. The van der Waals surface area contributed by atoms with Crippen molar-refractivity contribution in [2.45, 2.75) is 90.9 Å². The second-order valence-electron chi connectivity index (χ2n) is 17.7. The van der Waals surface area contributed by atoms with Crippen LogP contribution in [-0.4, -0.2) is 120 Å². The molecule has 0 amide bonds. The van der Waals surface area contributed by atoms with Crippen molar-refractivity contribution in [2.24, 2.45) is 21.5 Å². The Kier molecular flexibility index (Phi) is 29.0. The average Bonchev–Trinajstić information content (AvgIpc) is 4.23. The zero-order valence-corrected chi connectivity index (χ0v) is 45.7. The number of aromatic nitrogens is 6. The van der Waals surface area contributed by atoms with E-state index in [4.69, 9.17) is 30.8 Å². The quantitative estimate of drug-likeness (QED) is 0.00330. The molecule has 25 nitrogen and oxygen atoms in total. The third kappa shape index (κ3) is 22.7. The molecule has 3 aromatic heterocycles. The van der Waals surface area contributed by atoms with E-state index in [0.717, 1.165) is 66.7 Å². The minimum Gasteiger partial charge on any atom is -0.478 e. The van der Waals surface area contributed by atoms with E-state index >= 15 is 0 Å². The lowest BCUT2D eigenvalue weighted by Crippen LogP contribution is -2.25. The predicted octanol–water partition coefficient (Wildman–Crippen LogP) is 8.88. The number of nitrogens with one attached hydrogen (secondary N) is 3. The van der Waals surface area contributed by atoms with E-state index < -0.39 is 22.1 Å². The van der Waals surface area contributed by atoms with Gasteiger partial charge in [-0.1, -0.05) is 82.9 Å². The summed E-state index contributed by atoms with van der Waals surface area (Å²) >= 11 is 0. The highest BCUT2D eigenvalue weighted by atomic mass is 16.6. The zero-order chi connectivity index (χ0) is 58.1. The van der Waals surface area contributed by atoms with Crippen molar-refractivity contribution in [3.63, 3.8) is 0 Å². The Morgan fingerprint density at radius 2 is 1.67 bits per heavy atom. The number of hydrogen-bond donors (Lipinski definition) is 7. The van der Waals surface area contributed by atoms with Gasteiger partial charge in [0.25, 0.3) is 11.4 Å². The van der Waals surface area contributed by atoms with Crippen LogP contribution < -0.4 is 27.4 Å². The maximum absolute atomic E-state index is 10.9. The van der Waals surface area contributed by atoms with Gasteiger partial charge in [-0.2, -0.15) is 29.4 Å². The molecular weight excluding hydrogens is 1020 g/mol. The Labute approximate surface area is 459 Å². The van der Waals surface area contributed by atoms with Gasteiger partial charge in [0, 0.05) is 87.5 Å². The first-order valence-corrected chi connectivity index (χ1v) is 25.5. The van der Waals surface area contributed by atoms with Crippen LogP contribution in [0.15, 0.2) is 132 Å². The lowest BCUT2D eigenvalue weighted by atomic mass is 10.1. The molecule has 1 saturated heterocycles. The van der Waals surface area contributed by atoms with Gasteiger partial charge in [0.05, 0.1) is 46.4 Å². The largest absolute Gasteiger partial charge is 0.478 e. The van der Waals surface area contributed by atoms with Gasteiger partial charge < -0.3 is 51.8 Å². The molecule has 1 unspecified atom stereocenters. The van der Waals surface area contributed by atoms with Crippen molar-refractivity contribution in [3.8, 4) is 0 Å². The number of allylic oxidation sites excluding steroid dienone is 5. The van der Waals surface area contributed by atoms with Gasteiger partial charge in [0.15, 0.2) is 5.65 Å². The summed E-state index contributed by atoms with van der Waals surface area (Å²) in [6.07, 6.45) is 19.8. The molecule has 6 rings (SSSR count). The van der Waals surface area contributed by atoms with Crippen LogP contribution in [0.3, 0.4) is 0 Å². The molecule has 1 atom stereocenters. The molecule has 0 bridgehead atoms. The lowest BCUT2D eigenvalue weighted by molar-refractivity contribution is -0.385. The minimum atomic E-state index is -1.29. The Hall–Kier alpha value is -8.81. The number of nitro groups is 2. The average molecular weight is 1090 g/mol. The fourth-order valence-corrected chi connectivity index (χ4v) is 6.86. The number of nitrogens with zero attached hydrogens (tertiary/aromatic N) is 10. The van der Waals surface area contributed by atoms with Gasteiger partial charge in [-0.05, 0) is 75.3 Å². The van der Waals surface area contributed by atoms with Gasteiger partial charge in [-0.3, -0.25) is 30.2 Å². The SMILES string of the molecule is C=C(CC/C=C/OC(O)c1cccc([N+](=O)[O-])c1)CNc1nc(NCCCOCC)nc2c(C(C)C)cnn12.C=C/C=C\C=C\N.CN=C(N)n1ncc(C(C)C)c1NC=NC1CCOCC1.O=C(O)c1cccc([N+](=O)[O-])c1. The second kappa shape index (κ2) is 35.5. The summed E-state index contributed by atoms with van der Waals surface area (Å²) in [6.45, 7) is 22.1. The summed E-state index contributed by atoms with van der Waals surface area (Å²) in [5.74, 6) is 1.70. The van der Waals surface area contributed by atoms with Crippen molar-refractivity contribution in [2.75, 3.05) is 62.5 Å². The summed E-state index contributed by atoms with van der Waals surface area (Å²) < 4.78 is 19.3. The Bertz CT molecular complexity index is 2840. The number of fused-ring (bicyclic) bond motifs is 1. The van der Waals surface area contributed by atoms with Crippen LogP contribution in [0.25, 0.3) is 5.65 Å². The molecule has 0 spiro atoms. The second-order valence-corrected chi connectivity index (χ2v) is 17.7. The standard InChI is InChI=1S/C27H37N7O5.C14H24N6O.C7H5NO4.C6H9N/c1-5-38-14-9-13-28-26-31-24-23(19(2)3)18-30-33(24)27(32-26)29-17-20(4)10-6-7-15-39-25(35)21-11-8-12-22(16-21)34(36)37;1-10(2)12-8-19-20(14(15)16-3)13(12)18-9-17-11-4-6-21-7-5-11;9-7(10)5-2-1-3-6(4-5)8(11)12;1-2-3-4-5-6-7/h7-8,11-12,15-16,18-19,25,35H,4-6,9-10,13-14,17H2,1-3H3,(H2,28,29,31,32);8-11H,4-7H2,1-3H3,(H2,15,16)(H,17,18);1-4H,(H,9,10);2-6H,1,7H2/b15-7+;;;4-3-,6-5+. The summed E-state index contributed by atoms with van der Waals surface area (Å²) in [7, 11) is 1.64. The van der Waals surface area contributed by atoms with E-state index in [2.05, 4.69) is 87.0 Å². The van der Waals surface area contributed by atoms with Crippen molar-refractivity contribution < 1.29 is 39.1 Å². The summed E-state index contributed by atoms with van der Waals surface area (Å²) in [5.41, 5.74) is 14.6. The molecule has 0 saturated carbocycles. The number of carboxylic acids is 1. The molecule has 79 heavy (non-hydrogen) atoms. The molecule has 426 valence electrons. The topological polar surface area (TPSA) is 345 Å². The number of carboxylic acid groups (broad SMARTS) is 1. The first-order valence-electron chi connectivity index (χ1n) is 25.5. The predicted molar refractivity (Wildman–Crippen MR) is 308 cm³/mol. The molecule has 2 aromatic carbocycles. The van der Waals surface area contributed by atoms with E-state index in [1.165, 1.54) is 48.9 Å². The molecular formula is C54H75N15O10. The van der Waals surface area contributed by atoms with Gasteiger partial charge in [-0.25, -0.2) is 4.79 Å². The van der Waals surface area contributed by atoms with Crippen LogP contribution in [0.4, 0.5) is 29.1 Å². The van der Waals surface area contributed by atoms with Gasteiger partial charge in [0.1, 0.15) is 5.82 Å². The maximum Gasteiger partial charge on any atom is 0.335 e. The third-order valence-electron chi connectivity index (χ3n) is 11.1. The molecule has 0 radical (unpaired) electrons. The molecule has 9 N–H and O–H groups in total. The molecule has 5 aromatic rings. The minimum absolute atomic E-state index is 0.0794. The number of aliphatic hydroxyl groups is 1. The van der Waals surface area contributed by atoms with Gasteiger partial charge in [0.2, 0.25) is 24.1 Å². The fraction of sp³-hybridized carbons (Fsp3) is 0.389. The lowest BCUT2D eigenvalue weighted by Gasteiger charge is -2.18. The van der Waals surface area contributed by atoms with Crippen molar-refractivity contribution >= 4 is 53.0 Å². The molecule has 0 aliphatic carbocycles. The zero-order valence-electron chi connectivity index (χ0n) is 45.7. The van der Waals surface area contributed by atoms with Crippen molar-refractivity contribution in [1.82, 2.24) is 29.4 Å². The van der Waals surface area contributed by atoms with Crippen LogP contribution >= 0.6 is 0 Å². The van der Waals surface area contributed by atoms with E-state index in [9.17, 15) is 30.1 Å². The summed E-state index contributed by atoms with van der Waals surface area (Å²) in [5, 5.41) is 58.3. The van der Waals surface area contributed by atoms with Crippen molar-refractivity contribution in [3.05, 3.63) is 165 Å². The number of nitrogens with two attached hydrogens (primary N) is 2. The number of benzene rings is 2. The number of hydrogen-bond acceptors (Lipinski definition) is 18. The number of carbonyl (C=O) groups is 1. The molecule has 4 heterocycles. The van der Waals surface area contributed by atoms with E-state index in [1.54, 1.807) is 46.9 Å². The summed E-state index contributed by atoms with van der Waals surface area (Å²) in [4.78, 5) is 48.1. The first kappa shape index (κ1) is 64.5. The van der Waals surface area contributed by atoms with Crippen LogP contribution in [0, 0.1) is 20.2 Å². The number of aromatic carboxylic acids is 1. The van der Waals surface area contributed by atoms with Crippen LogP contribution in [0.1, 0.15) is 112 Å². The van der Waals surface area contributed by atoms with E-state index in [-0.39, 0.29) is 22.9 Å². The van der Waals surface area contributed by atoms with Gasteiger partial charge >= 0.3 is 5.97 Å². The normalized spacial score (nSPS) is 13.2. The molecule has 1 fully saturated rings. The van der Waals surface area contributed by atoms with E-state index in [0.29, 0.717) is 74.5 Å². The number of aliphatic imine (C=N–C) groups is 2. The number of rotatable bonds is 25. The molecule has 1 aliphatic heterocycles. The molecule has 25 heteroatoms. The number of anilines is 3. The van der Waals surface area contributed by atoms with Gasteiger partial charge in [-0.15, -0.1) is 0 Å². The van der Waals surface area contributed by atoms with Crippen LogP contribution in [0.2, 0.25) is 0 Å². The Balaban J connectivity index is 0.000000338. The van der Waals surface area contributed by atoms with Crippen LogP contribution in [-0.2, 0) is 14.2 Å². The highest BCUT2D eigenvalue weighted by Crippen LogP contribution is 2.25. The number of non-ortho nitro benzene ring substituents is 2. The number of nitro benzene ring substituents is 2. The maximum atomic E-state index is 10.9. The highest BCUT2D eigenvalue weighted by Gasteiger charge is 2.18. The van der Waals surface area contributed by atoms with Crippen LogP contribution in [0.5, 0.6) is 0 Å². The monoisotopic (exact) mass is 1090 g/mol. The third-order valence-corrected chi connectivity index (χ3v) is 11.1. The summed E-state index contributed by atoms with van der Waals surface area (Å²) in [6, 6.07) is 10.9. The van der Waals surface area contributed by atoms with E-state index in [1.807, 2.05) is 31.5 Å². The number of aliphatic hydroxyl groups excluding tert-OH is 1. The van der Waals surface area contributed by atoms with Crippen molar-refractivity contribution in [1.29, 1.82) is 0 Å².